The van der Waals surface area contributed by atoms with E-state index in [-0.39, 0.29) is 13.0 Å². The topological polar surface area (TPSA) is 74.7 Å². The maximum atomic E-state index is 12.5. The van der Waals surface area contributed by atoms with Gasteiger partial charge in [-0.3, -0.25) is 4.79 Å². The Morgan fingerprint density at radius 1 is 1.20 bits per heavy atom. The van der Waals surface area contributed by atoms with Crippen molar-refractivity contribution in [2.45, 2.75) is 38.5 Å². The average molecular weight is 299 g/mol. The third kappa shape index (κ3) is 3.80. The highest BCUT2D eigenvalue weighted by molar-refractivity contribution is 7.89. The Balaban J connectivity index is 3.02. The fourth-order valence-corrected chi connectivity index (χ4v) is 3.92. The van der Waals surface area contributed by atoms with Gasteiger partial charge in [-0.2, -0.15) is 0 Å². The van der Waals surface area contributed by atoms with Gasteiger partial charge >= 0.3 is 5.97 Å². The quantitative estimate of drug-likeness (QED) is 0.873. The fourth-order valence-electron chi connectivity index (χ4n) is 2.30. The third-order valence-electron chi connectivity index (χ3n) is 3.14. The molecule has 0 saturated heterocycles. The van der Waals surface area contributed by atoms with Crippen molar-refractivity contribution < 1.29 is 18.3 Å². The number of nitrogens with zero attached hydrogens (tertiary/aromatic N) is 1. The minimum Gasteiger partial charge on any atom is -0.481 e. The van der Waals surface area contributed by atoms with Crippen LogP contribution in [0.4, 0.5) is 0 Å². The Morgan fingerprint density at radius 2 is 1.70 bits per heavy atom. The molecule has 0 spiro atoms. The number of aliphatic carboxylic acids is 1. The van der Waals surface area contributed by atoms with Gasteiger partial charge in [-0.15, -0.1) is 0 Å². The number of carboxylic acids is 1. The first kappa shape index (κ1) is 16.7. The van der Waals surface area contributed by atoms with Crippen LogP contribution in [0, 0.1) is 20.8 Å². The number of benzene rings is 1. The summed E-state index contributed by atoms with van der Waals surface area (Å²) in [5.74, 6) is -0.918. The van der Waals surface area contributed by atoms with E-state index in [1.54, 1.807) is 13.8 Å². The third-order valence-corrected chi connectivity index (χ3v) is 5.30. The molecular weight excluding hydrogens is 278 g/mol. The summed E-state index contributed by atoms with van der Waals surface area (Å²) in [5, 5.41) is 8.60. The van der Waals surface area contributed by atoms with Gasteiger partial charge in [0, 0.05) is 20.0 Å². The minimum absolute atomic E-state index is 0.0360. The number of hydrogen-bond acceptors (Lipinski definition) is 3. The second kappa shape index (κ2) is 6.37. The van der Waals surface area contributed by atoms with E-state index in [9.17, 15) is 13.2 Å². The van der Waals surface area contributed by atoms with Crippen LogP contribution in [0.1, 0.15) is 29.5 Å². The molecule has 0 fully saturated rings. The molecule has 0 heterocycles. The summed E-state index contributed by atoms with van der Waals surface area (Å²) in [6, 6.07) is 3.68. The van der Waals surface area contributed by atoms with Crippen LogP contribution in [0.2, 0.25) is 0 Å². The molecule has 0 aromatic heterocycles. The van der Waals surface area contributed by atoms with Crippen molar-refractivity contribution >= 4 is 16.0 Å². The summed E-state index contributed by atoms with van der Waals surface area (Å²) in [5.41, 5.74) is 2.45. The lowest BCUT2D eigenvalue weighted by Crippen LogP contribution is -2.29. The Morgan fingerprint density at radius 3 is 2.15 bits per heavy atom. The van der Waals surface area contributed by atoms with Gasteiger partial charge in [-0.1, -0.05) is 17.7 Å². The molecule has 1 aromatic rings. The first-order valence-corrected chi connectivity index (χ1v) is 7.86. The largest absolute Gasteiger partial charge is 0.481 e. The molecule has 112 valence electrons. The molecule has 0 radical (unpaired) electrons. The Bertz CT molecular complexity index is 585. The molecule has 0 atom stereocenters. The number of sulfonamides is 1. The highest BCUT2D eigenvalue weighted by Gasteiger charge is 2.24. The van der Waals surface area contributed by atoms with E-state index in [1.807, 2.05) is 19.1 Å². The van der Waals surface area contributed by atoms with Gasteiger partial charge in [0.25, 0.3) is 0 Å². The SMILES string of the molecule is Cc1cc(C)c(S(=O)(=O)N(C)CCCC(=O)O)c(C)c1. The van der Waals surface area contributed by atoms with Crippen molar-refractivity contribution in [1.82, 2.24) is 4.31 Å². The number of hydrogen-bond donors (Lipinski definition) is 1. The van der Waals surface area contributed by atoms with Crippen molar-refractivity contribution in [2.24, 2.45) is 0 Å². The smallest absolute Gasteiger partial charge is 0.303 e. The van der Waals surface area contributed by atoms with Crippen molar-refractivity contribution in [1.29, 1.82) is 0 Å². The molecule has 0 aliphatic heterocycles. The fraction of sp³-hybridized carbons (Fsp3) is 0.500. The predicted molar refractivity (Wildman–Crippen MR) is 77.3 cm³/mol. The van der Waals surface area contributed by atoms with Crippen molar-refractivity contribution in [3.8, 4) is 0 Å². The van der Waals surface area contributed by atoms with Gasteiger partial charge in [0.1, 0.15) is 0 Å². The summed E-state index contributed by atoms with van der Waals surface area (Å²) in [4.78, 5) is 10.8. The summed E-state index contributed by atoms with van der Waals surface area (Å²) in [7, 11) is -2.09. The number of rotatable bonds is 6. The maximum Gasteiger partial charge on any atom is 0.303 e. The van der Waals surface area contributed by atoms with Crippen molar-refractivity contribution in [2.75, 3.05) is 13.6 Å². The molecule has 6 heteroatoms. The van der Waals surface area contributed by atoms with Gasteiger partial charge in [-0.05, 0) is 38.3 Å². The van der Waals surface area contributed by atoms with E-state index in [0.717, 1.165) is 5.56 Å². The molecule has 0 bridgehead atoms. The summed E-state index contributed by atoms with van der Waals surface area (Å²) in [6.45, 7) is 5.67. The van der Waals surface area contributed by atoms with Crippen LogP contribution in [0.25, 0.3) is 0 Å². The summed E-state index contributed by atoms with van der Waals surface area (Å²) in [6.07, 6.45) is 0.265. The molecule has 0 aliphatic rings. The molecule has 1 N–H and O–H groups in total. The predicted octanol–water partition coefficient (Wildman–Crippen LogP) is 2.10. The van der Waals surface area contributed by atoms with Crippen molar-refractivity contribution in [3.63, 3.8) is 0 Å². The molecule has 0 unspecified atom stereocenters. The second-order valence-electron chi connectivity index (χ2n) is 5.05. The monoisotopic (exact) mass is 299 g/mol. The standard InChI is InChI=1S/C14H21NO4S/c1-10-8-11(2)14(12(3)9-10)20(18,19)15(4)7-5-6-13(16)17/h8-9H,5-7H2,1-4H3,(H,16,17). The van der Waals surface area contributed by atoms with E-state index in [0.29, 0.717) is 22.4 Å². The van der Waals surface area contributed by atoms with Crippen LogP contribution >= 0.6 is 0 Å². The second-order valence-corrected chi connectivity index (χ2v) is 7.03. The zero-order valence-electron chi connectivity index (χ0n) is 12.3. The molecule has 0 saturated carbocycles. The van der Waals surface area contributed by atoms with E-state index >= 15 is 0 Å². The molecule has 20 heavy (non-hydrogen) atoms. The summed E-state index contributed by atoms with van der Waals surface area (Å²) >= 11 is 0. The van der Waals surface area contributed by atoms with Gasteiger partial charge in [0.15, 0.2) is 0 Å². The van der Waals surface area contributed by atoms with Gasteiger partial charge in [-0.25, -0.2) is 12.7 Å². The van der Waals surface area contributed by atoms with Gasteiger partial charge in [0.05, 0.1) is 4.90 Å². The lowest BCUT2D eigenvalue weighted by Gasteiger charge is -2.20. The maximum absolute atomic E-state index is 12.5. The first-order valence-electron chi connectivity index (χ1n) is 6.42. The van der Waals surface area contributed by atoms with Crippen LogP contribution in [0.5, 0.6) is 0 Å². The zero-order chi connectivity index (χ0) is 15.5. The highest BCUT2D eigenvalue weighted by Crippen LogP contribution is 2.24. The van der Waals surface area contributed by atoms with Crippen LogP contribution in [0.15, 0.2) is 17.0 Å². The Labute approximate surface area is 120 Å². The highest BCUT2D eigenvalue weighted by atomic mass is 32.2. The van der Waals surface area contributed by atoms with Crippen LogP contribution < -0.4 is 0 Å². The van der Waals surface area contributed by atoms with Crippen LogP contribution in [0.3, 0.4) is 0 Å². The summed E-state index contributed by atoms with van der Waals surface area (Å²) < 4.78 is 26.3. The van der Waals surface area contributed by atoms with E-state index in [2.05, 4.69) is 0 Å². The first-order chi connectivity index (χ1) is 9.16. The lowest BCUT2D eigenvalue weighted by molar-refractivity contribution is -0.137. The van der Waals surface area contributed by atoms with E-state index < -0.39 is 16.0 Å². The number of carbonyl (C=O) groups is 1. The Hall–Kier alpha value is -1.40. The number of aryl methyl sites for hydroxylation is 3. The van der Waals surface area contributed by atoms with Gasteiger partial charge < -0.3 is 5.11 Å². The lowest BCUT2D eigenvalue weighted by atomic mass is 10.1. The minimum atomic E-state index is -3.57. The Kier molecular flexibility index (Phi) is 5.30. The molecule has 1 rings (SSSR count). The van der Waals surface area contributed by atoms with Gasteiger partial charge in [0.2, 0.25) is 10.0 Å². The average Bonchev–Trinajstić information content (AvgIpc) is 2.26. The molecule has 0 aliphatic carbocycles. The van der Waals surface area contributed by atoms with E-state index in [1.165, 1.54) is 11.4 Å². The molecule has 1 aromatic carbocycles. The van der Waals surface area contributed by atoms with Crippen molar-refractivity contribution in [3.05, 3.63) is 28.8 Å². The molecular formula is C14H21NO4S. The zero-order valence-corrected chi connectivity index (χ0v) is 13.1. The normalized spacial score (nSPS) is 11.8. The molecule has 0 amide bonds. The van der Waals surface area contributed by atoms with Crippen LogP contribution in [-0.4, -0.2) is 37.4 Å². The van der Waals surface area contributed by atoms with E-state index in [4.69, 9.17) is 5.11 Å². The van der Waals surface area contributed by atoms with Crippen LogP contribution in [-0.2, 0) is 14.8 Å². The molecule has 5 nitrogen and oxygen atoms in total. The number of carboxylic acid groups (broad SMARTS) is 1.